The quantitative estimate of drug-likeness (QED) is 0.594. The van der Waals surface area contributed by atoms with Crippen LogP contribution in [0.3, 0.4) is 0 Å². The molecule has 3 heteroatoms. The van der Waals surface area contributed by atoms with Gasteiger partial charge >= 0.3 is 5.97 Å². The van der Waals surface area contributed by atoms with Crippen LogP contribution in [-0.2, 0) is 9.53 Å². The van der Waals surface area contributed by atoms with Crippen molar-refractivity contribution in [2.75, 3.05) is 7.11 Å². The lowest BCUT2D eigenvalue weighted by Gasteiger charge is -2.20. The Morgan fingerprint density at radius 3 is 2.50 bits per heavy atom. The van der Waals surface area contributed by atoms with Gasteiger partial charge in [-0.15, -0.1) is 0 Å². The fourth-order valence-electron chi connectivity index (χ4n) is 0.527. The maximum Gasteiger partial charge on any atom is 0.307 e. The molecule has 0 aliphatic heterocycles. The number of carbonyl (C=O) groups is 1. The van der Waals surface area contributed by atoms with Gasteiger partial charge in [-0.25, -0.2) is 0 Å². The van der Waals surface area contributed by atoms with Crippen LogP contribution in [0.25, 0.3) is 0 Å². The molecule has 0 rings (SSSR count). The zero-order valence-electron chi connectivity index (χ0n) is 6.81. The summed E-state index contributed by atoms with van der Waals surface area (Å²) in [5.41, 5.74) is 5.28. The zero-order chi connectivity index (χ0) is 8.20. The molecule has 0 aliphatic carbocycles. The van der Waals surface area contributed by atoms with Gasteiger partial charge in [-0.1, -0.05) is 6.92 Å². The summed E-state index contributed by atoms with van der Waals surface area (Å²) < 4.78 is 4.47. The van der Waals surface area contributed by atoms with Gasteiger partial charge in [-0.05, 0) is 13.3 Å². The maximum atomic E-state index is 10.7. The van der Waals surface area contributed by atoms with Crippen molar-refractivity contribution in [3.8, 4) is 0 Å². The van der Waals surface area contributed by atoms with Crippen molar-refractivity contribution >= 4 is 5.97 Å². The topological polar surface area (TPSA) is 52.3 Å². The Bertz CT molecular complexity index is 121. The normalized spacial score (nSPS) is 16.0. The molecule has 0 spiro atoms. The first kappa shape index (κ1) is 9.43. The predicted octanol–water partition coefficient (Wildman–Crippen LogP) is 0.677. The van der Waals surface area contributed by atoms with E-state index in [1.807, 2.05) is 13.8 Å². The lowest BCUT2D eigenvalue weighted by atomic mass is 9.96. The van der Waals surface area contributed by atoms with Crippen molar-refractivity contribution in [1.82, 2.24) is 0 Å². The van der Waals surface area contributed by atoms with E-state index in [0.29, 0.717) is 6.42 Å². The third kappa shape index (κ3) is 3.45. The van der Waals surface area contributed by atoms with Gasteiger partial charge in [0.25, 0.3) is 0 Å². The number of esters is 1. The van der Waals surface area contributed by atoms with E-state index in [2.05, 4.69) is 4.74 Å². The summed E-state index contributed by atoms with van der Waals surface area (Å²) in [5, 5.41) is 0. The van der Waals surface area contributed by atoms with Crippen molar-refractivity contribution < 1.29 is 9.53 Å². The van der Waals surface area contributed by atoms with E-state index in [0.717, 1.165) is 6.42 Å². The van der Waals surface area contributed by atoms with E-state index in [1.54, 1.807) is 0 Å². The Balaban J connectivity index is 3.76. The van der Waals surface area contributed by atoms with E-state index in [4.69, 9.17) is 5.73 Å². The predicted molar refractivity (Wildman–Crippen MR) is 39.5 cm³/mol. The molecule has 0 radical (unpaired) electrons. The summed E-state index contributed by atoms with van der Waals surface area (Å²) in [5.74, 6) is -0.244. The Morgan fingerprint density at radius 2 is 2.20 bits per heavy atom. The highest BCUT2D eigenvalue weighted by Crippen LogP contribution is 2.10. The largest absolute Gasteiger partial charge is 0.469 e. The number of methoxy groups -OCH3 is 1. The number of nitrogens with two attached hydrogens (primary N) is 1. The zero-order valence-corrected chi connectivity index (χ0v) is 6.81. The van der Waals surface area contributed by atoms with Crippen LogP contribution < -0.4 is 5.73 Å². The van der Waals surface area contributed by atoms with Gasteiger partial charge in [0.1, 0.15) is 0 Å². The van der Waals surface area contributed by atoms with Gasteiger partial charge in [0.05, 0.1) is 13.5 Å². The minimum atomic E-state index is -0.410. The fourth-order valence-corrected chi connectivity index (χ4v) is 0.527. The van der Waals surface area contributed by atoms with Gasteiger partial charge in [0.15, 0.2) is 0 Å². The first-order valence-corrected chi connectivity index (χ1v) is 3.37. The minimum absolute atomic E-state index is 0.244. The molecule has 1 unspecified atom stereocenters. The second-order valence-electron chi connectivity index (χ2n) is 2.76. The summed E-state index contributed by atoms with van der Waals surface area (Å²) in [6.07, 6.45) is 1.07. The maximum absolute atomic E-state index is 10.7. The van der Waals surface area contributed by atoms with Crippen molar-refractivity contribution in [3.63, 3.8) is 0 Å². The molecule has 1 atom stereocenters. The molecule has 60 valence electrons. The highest BCUT2D eigenvalue weighted by Gasteiger charge is 2.20. The van der Waals surface area contributed by atoms with Crippen LogP contribution in [0.2, 0.25) is 0 Å². The fraction of sp³-hybridized carbons (Fsp3) is 0.857. The summed E-state index contributed by atoms with van der Waals surface area (Å²) in [6.45, 7) is 3.78. The first-order valence-electron chi connectivity index (χ1n) is 3.37. The number of ether oxygens (including phenoxy) is 1. The highest BCUT2D eigenvalue weighted by molar-refractivity contribution is 5.70. The molecule has 0 bridgehead atoms. The molecule has 0 aromatic rings. The SMILES string of the molecule is CCC(C)(N)CC(=O)OC. The molecular formula is C7H15NO2. The van der Waals surface area contributed by atoms with E-state index >= 15 is 0 Å². The van der Waals surface area contributed by atoms with Crippen molar-refractivity contribution in [2.45, 2.75) is 32.2 Å². The van der Waals surface area contributed by atoms with Crippen LogP contribution in [-0.4, -0.2) is 18.6 Å². The molecule has 0 aliphatic rings. The van der Waals surface area contributed by atoms with Gasteiger partial charge in [0.2, 0.25) is 0 Å². The average Bonchev–Trinajstić information content (AvgIpc) is 1.87. The van der Waals surface area contributed by atoms with Gasteiger partial charge in [-0.2, -0.15) is 0 Å². The third-order valence-electron chi connectivity index (χ3n) is 1.58. The molecule has 2 N–H and O–H groups in total. The summed E-state index contributed by atoms with van der Waals surface area (Å²) in [4.78, 5) is 10.7. The molecule has 0 saturated carbocycles. The number of rotatable bonds is 3. The van der Waals surface area contributed by atoms with Crippen LogP contribution in [0.1, 0.15) is 26.7 Å². The summed E-state index contributed by atoms with van der Waals surface area (Å²) in [7, 11) is 1.37. The lowest BCUT2D eigenvalue weighted by Crippen LogP contribution is -2.37. The second kappa shape index (κ2) is 3.56. The average molecular weight is 145 g/mol. The van der Waals surface area contributed by atoms with Crippen LogP contribution in [0.15, 0.2) is 0 Å². The Labute approximate surface area is 61.5 Å². The summed E-state index contributed by atoms with van der Waals surface area (Å²) >= 11 is 0. The van der Waals surface area contributed by atoms with Crippen LogP contribution in [0.5, 0.6) is 0 Å². The monoisotopic (exact) mass is 145 g/mol. The van der Waals surface area contributed by atoms with Gasteiger partial charge < -0.3 is 10.5 Å². The van der Waals surface area contributed by atoms with E-state index in [-0.39, 0.29) is 5.97 Å². The molecule has 0 heterocycles. The number of hydrogen-bond acceptors (Lipinski definition) is 3. The lowest BCUT2D eigenvalue weighted by molar-refractivity contribution is -0.141. The Kier molecular flexibility index (Phi) is 3.36. The molecule has 0 aromatic heterocycles. The third-order valence-corrected chi connectivity index (χ3v) is 1.58. The van der Waals surface area contributed by atoms with Gasteiger partial charge in [-0.3, -0.25) is 4.79 Å². The van der Waals surface area contributed by atoms with Crippen molar-refractivity contribution in [1.29, 1.82) is 0 Å². The molecule has 3 nitrogen and oxygen atoms in total. The smallest absolute Gasteiger partial charge is 0.307 e. The van der Waals surface area contributed by atoms with E-state index < -0.39 is 5.54 Å². The second-order valence-corrected chi connectivity index (χ2v) is 2.76. The molecular weight excluding hydrogens is 130 g/mol. The Morgan fingerprint density at radius 1 is 1.70 bits per heavy atom. The summed E-state index contributed by atoms with van der Waals surface area (Å²) in [6, 6.07) is 0. The minimum Gasteiger partial charge on any atom is -0.469 e. The Hall–Kier alpha value is -0.570. The highest BCUT2D eigenvalue weighted by atomic mass is 16.5. The number of carbonyl (C=O) groups excluding carboxylic acids is 1. The van der Waals surface area contributed by atoms with Gasteiger partial charge in [0, 0.05) is 5.54 Å². The molecule has 0 amide bonds. The van der Waals surface area contributed by atoms with E-state index in [9.17, 15) is 4.79 Å². The molecule has 0 saturated heterocycles. The van der Waals surface area contributed by atoms with Crippen LogP contribution in [0, 0.1) is 0 Å². The first-order chi connectivity index (χ1) is 4.52. The van der Waals surface area contributed by atoms with Crippen LogP contribution >= 0.6 is 0 Å². The van der Waals surface area contributed by atoms with Crippen molar-refractivity contribution in [2.24, 2.45) is 5.73 Å². The van der Waals surface area contributed by atoms with E-state index in [1.165, 1.54) is 7.11 Å². The van der Waals surface area contributed by atoms with Crippen LogP contribution in [0.4, 0.5) is 0 Å². The molecule has 0 fully saturated rings. The molecule has 0 aromatic carbocycles. The molecule has 10 heavy (non-hydrogen) atoms. The standard InChI is InChI=1S/C7H15NO2/c1-4-7(2,8)5-6(9)10-3/h4-5,8H2,1-3H3. The van der Waals surface area contributed by atoms with Crippen molar-refractivity contribution in [3.05, 3.63) is 0 Å². The number of hydrogen-bond donors (Lipinski definition) is 1.